The summed E-state index contributed by atoms with van der Waals surface area (Å²) < 4.78 is 1.79. The molecule has 0 aliphatic rings. The monoisotopic (exact) mass is 395 g/mol. The quantitative estimate of drug-likeness (QED) is 0.489. The molecule has 7 heteroatoms. The lowest BCUT2D eigenvalue weighted by atomic mass is 10.1. The number of hydrogen-bond acceptors (Lipinski definition) is 4. The third kappa shape index (κ3) is 3.12. The van der Waals surface area contributed by atoms with Crippen molar-refractivity contribution in [3.8, 4) is 11.4 Å². The van der Waals surface area contributed by atoms with Gasteiger partial charge in [-0.2, -0.15) is 0 Å². The average molecular weight is 395 g/mol. The Kier molecular flexibility index (Phi) is 4.33. The van der Waals surface area contributed by atoms with Gasteiger partial charge in [0.05, 0.1) is 17.2 Å². The first-order valence-electron chi connectivity index (χ1n) is 9.47. The molecular weight excluding hydrogens is 378 g/mol. The van der Waals surface area contributed by atoms with Gasteiger partial charge in [0.25, 0.3) is 11.5 Å². The molecule has 3 heterocycles. The fourth-order valence-corrected chi connectivity index (χ4v) is 3.48. The fourth-order valence-electron chi connectivity index (χ4n) is 3.48. The van der Waals surface area contributed by atoms with Gasteiger partial charge in [0.2, 0.25) is 0 Å². The zero-order chi connectivity index (χ0) is 20.5. The molecule has 5 rings (SSSR count). The number of aromatic amines is 1. The van der Waals surface area contributed by atoms with Gasteiger partial charge in [0.1, 0.15) is 11.3 Å². The number of carbonyl (C=O) groups excluding carboxylic acids is 1. The molecule has 0 saturated heterocycles. The van der Waals surface area contributed by atoms with Crippen molar-refractivity contribution in [2.24, 2.45) is 0 Å². The average Bonchev–Trinajstić information content (AvgIpc) is 3.25. The fraction of sp³-hybridized carbons (Fsp3) is 0.0435. The maximum absolute atomic E-state index is 12.7. The smallest absolute Gasteiger partial charge is 0.274 e. The number of H-pyrrole nitrogens is 1. The Morgan fingerprint density at radius 2 is 1.87 bits per heavy atom. The van der Waals surface area contributed by atoms with Crippen molar-refractivity contribution < 1.29 is 4.79 Å². The van der Waals surface area contributed by atoms with E-state index in [9.17, 15) is 9.59 Å². The van der Waals surface area contributed by atoms with E-state index in [1.807, 2.05) is 42.5 Å². The third-order valence-electron chi connectivity index (χ3n) is 4.95. The van der Waals surface area contributed by atoms with Crippen molar-refractivity contribution in [2.45, 2.75) is 6.54 Å². The maximum atomic E-state index is 12.7. The predicted molar refractivity (Wildman–Crippen MR) is 114 cm³/mol. The molecule has 3 aromatic heterocycles. The highest BCUT2D eigenvalue weighted by Crippen LogP contribution is 2.23. The summed E-state index contributed by atoms with van der Waals surface area (Å²) in [7, 11) is 0. The maximum Gasteiger partial charge on any atom is 0.274 e. The standard InChI is InChI=1S/C23H17N5O2/c29-22(26-13-15-5-4-10-24-12-15)17-8-9-18-19(11-17)28-20(23(30)27-18)14-25-21(28)16-6-2-1-3-7-16/h1-12,14H,13H2,(H,26,29)(H,27,30). The molecule has 0 radical (unpaired) electrons. The van der Waals surface area contributed by atoms with Crippen LogP contribution in [0.2, 0.25) is 0 Å². The van der Waals surface area contributed by atoms with E-state index in [0.717, 1.165) is 11.1 Å². The van der Waals surface area contributed by atoms with E-state index in [1.165, 1.54) is 0 Å². The highest BCUT2D eigenvalue weighted by molar-refractivity contribution is 5.97. The van der Waals surface area contributed by atoms with Gasteiger partial charge in [0.15, 0.2) is 0 Å². The zero-order valence-corrected chi connectivity index (χ0v) is 15.9. The van der Waals surface area contributed by atoms with Gasteiger partial charge in [0, 0.05) is 30.1 Å². The first-order valence-corrected chi connectivity index (χ1v) is 9.47. The largest absolute Gasteiger partial charge is 0.348 e. The van der Waals surface area contributed by atoms with Crippen LogP contribution in [0.3, 0.4) is 0 Å². The van der Waals surface area contributed by atoms with Crippen LogP contribution in [0.25, 0.3) is 27.9 Å². The Labute approximate surface area is 171 Å². The van der Waals surface area contributed by atoms with E-state index >= 15 is 0 Å². The molecule has 0 aliphatic heterocycles. The Morgan fingerprint density at radius 3 is 2.67 bits per heavy atom. The van der Waals surface area contributed by atoms with Crippen LogP contribution in [0.1, 0.15) is 15.9 Å². The second kappa shape index (κ2) is 7.29. The van der Waals surface area contributed by atoms with Gasteiger partial charge in [-0.05, 0) is 29.8 Å². The lowest BCUT2D eigenvalue weighted by Gasteiger charge is -2.09. The summed E-state index contributed by atoms with van der Waals surface area (Å²) in [6.07, 6.45) is 4.96. The van der Waals surface area contributed by atoms with Crippen molar-refractivity contribution in [1.82, 2.24) is 24.7 Å². The molecular formula is C23H17N5O2. The molecule has 0 saturated carbocycles. The highest BCUT2D eigenvalue weighted by Gasteiger charge is 2.14. The number of rotatable bonds is 4. The molecule has 2 aromatic carbocycles. The van der Waals surface area contributed by atoms with E-state index < -0.39 is 0 Å². The number of nitrogens with one attached hydrogen (secondary N) is 2. The Hall–Kier alpha value is -4.26. The Balaban J connectivity index is 1.60. The summed E-state index contributed by atoms with van der Waals surface area (Å²) in [6.45, 7) is 0.381. The summed E-state index contributed by atoms with van der Waals surface area (Å²) in [5.74, 6) is 0.441. The van der Waals surface area contributed by atoms with Gasteiger partial charge in [-0.1, -0.05) is 36.4 Å². The topological polar surface area (TPSA) is 92.1 Å². The van der Waals surface area contributed by atoms with E-state index in [1.54, 1.807) is 41.2 Å². The van der Waals surface area contributed by atoms with Crippen molar-refractivity contribution in [3.63, 3.8) is 0 Å². The molecule has 1 amide bonds. The normalized spacial score (nSPS) is 11.1. The van der Waals surface area contributed by atoms with Crippen molar-refractivity contribution in [3.05, 3.63) is 101 Å². The van der Waals surface area contributed by atoms with E-state index in [4.69, 9.17) is 0 Å². The summed E-state index contributed by atoms with van der Waals surface area (Å²) in [4.78, 5) is 36.6. The number of amides is 1. The number of benzene rings is 2. The number of carbonyl (C=O) groups is 1. The molecule has 0 spiro atoms. The van der Waals surface area contributed by atoms with E-state index in [0.29, 0.717) is 34.5 Å². The van der Waals surface area contributed by atoms with Gasteiger partial charge < -0.3 is 10.3 Å². The molecule has 0 unspecified atom stereocenters. The SMILES string of the molecule is O=C(NCc1cccnc1)c1ccc2[nH]c(=O)c3cnc(-c4ccccc4)n3c2c1. The van der Waals surface area contributed by atoms with Crippen molar-refractivity contribution in [2.75, 3.05) is 0 Å². The Bertz CT molecular complexity index is 1420. The van der Waals surface area contributed by atoms with Crippen molar-refractivity contribution in [1.29, 1.82) is 0 Å². The molecule has 30 heavy (non-hydrogen) atoms. The van der Waals surface area contributed by atoms with Crippen molar-refractivity contribution >= 4 is 22.5 Å². The number of fused-ring (bicyclic) bond motifs is 3. The minimum atomic E-state index is -0.231. The molecule has 0 atom stereocenters. The minimum absolute atomic E-state index is 0.207. The molecule has 146 valence electrons. The minimum Gasteiger partial charge on any atom is -0.348 e. The number of aromatic nitrogens is 4. The zero-order valence-electron chi connectivity index (χ0n) is 15.9. The molecule has 0 fully saturated rings. The number of hydrogen-bond donors (Lipinski definition) is 2. The van der Waals surface area contributed by atoms with Crippen LogP contribution < -0.4 is 10.9 Å². The highest BCUT2D eigenvalue weighted by atomic mass is 16.1. The molecule has 0 aliphatic carbocycles. The van der Waals surface area contributed by atoms with Gasteiger partial charge in [-0.3, -0.25) is 19.0 Å². The summed E-state index contributed by atoms with van der Waals surface area (Å²) in [5.41, 5.74) is 3.82. The first-order chi connectivity index (χ1) is 14.7. The Morgan fingerprint density at radius 1 is 1.00 bits per heavy atom. The van der Waals surface area contributed by atoms with Crippen LogP contribution in [0.5, 0.6) is 0 Å². The number of nitrogens with zero attached hydrogens (tertiary/aromatic N) is 3. The lowest BCUT2D eigenvalue weighted by molar-refractivity contribution is 0.0951. The molecule has 5 aromatic rings. The number of imidazole rings is 1. The molecule has 2 N–H and O–H groups in total. The number of pyridine rings is 1. The third-order valence-corrected chi connectivity index (χ3v) is 4.95. The second-order valence-corrected chi connectivity index (χ2v) is 6.90. The molecule has 0 bridgehead atoms. The lowest BCUT2D eigenvalue weighted by Crippen LogP contribution is -2.23. The van der Waals surface area contributed by atoms with Crippen LogP contribution in [0, 0.1) is 0 Å². The molecule has 7 nitrogen and oxygen atoms in total. The summed E-state index contributed by atoms with van der Waals surface area (Å²) in [6, 6.07) is 18.6. The van der Waals surface area contributed by atoms with Gasteiger partial charge in [-0.25, -0.2) is 4.98 Å². The van der Waals surface area contributed by atoms with Crippen LogP contribution in [0.15, 0.2) is 84.0 Å². The second-order valence-electron chi connectivity index (χ2n) is 6.90. The van der Waals surface area contributed by atoms with Crippen LogP contribution in [-0.2, 0) is 6.54 Å². The summed E-state index contributed by atoms with van der Waals surface area (Å²) >= 11 is 0. The van der Waals surface area contributed by atoms with Crippen LogP contribution >= 0.6 is 0 Å². The first kappa shape index (κ1) is 17.8. The van der Waals surface area contributed by atoms with Crippen LogP contribution in [-0.4, -0.2) is 25.3 Å². The van der Waals surface area contributed by atoms with Gasteiger partial charge in [-0.15, -0.1) is 0 Å². The van der Waals surface area contributed by atoms with E-state index in [2.05, 4.69) is 20.3 Å². The van der Waals surface area contributed by atoms with E-state index in [-0.39, 0.29) is 11.5 Å². The summed E-state index contributed by atoms with van der Waals surface area (Å²) in [5, 5.41) is 2.90. The van der Waals surface area contributed by atoms with Gasteiger partial charge >= 0.3 is 0 Å². The van der Waals surface area contributed by atoms with Crippen LogP contribution in [0.4, 0.5) is 0 Å². The predicted octanol–water partition coefficient (Wildman–Crippen LogP) is 3.17.